The molecule has 0 aromatic heterocycles. The van der Waals surface area contributed by atoms with Gasteiger partial charge in [-0.1, -0.05) is 0 Å². The zero-order valence-electron chi connectivity index (χ0n) is 17.5. The average molecular weight is 474 g/mol. The van der Waals surface area contributed by atoms with E-state index in [0.717, 1.165) is 23.4 Å². The van der Waals surface area contributed by atoms with Crippen LogP contribution < -0.4 is 5.32 Å². The minimum atomic E-state index is -3.55. The van der Waals surface area contributed by atoms with Crippen molar-refractivity contribution in [2.24, 2.45) is 0 Å². The monoisotopic (exact) mass is 473 g/mol. The van der Waals surface area contributed by atoms with Gasteiger partial charge in [-0.25, -0.2) is 16.8 Å². The van der Waals surface area contributed by atoms with Crippen molar-refractivity contribution in [3.05, 3.63) is 24.3 Å². The topological polar surface area (TPSA) is 130 Å². The highest BCUT2D eigenvalue weighted by atomic mass is 32.2. The summed E-state index contributed by atoms with van der Waals surface area (Å²) < 4.78 is 56.4. The fourth-order valence-corrected chi connectivity index (χ4v) is 6.34. The van der Waals surface area contributed by atoms with Crippen LogP contribution in [-0.4, -0.2) is 75.4 Å². The summed E-state index contributed by atoms with van der Waals surface area (Å²) in [7, 11) is -7.09. The Balaban J connectivity index is 1.59. The number of rotatable bonds is 7. The maximum absolute atomic E-state index is 12.6. The molecule has 1 amide bonds. The molecule has 3 rings (SSSR count). The lowest BCUT2D eigenvalue weighted by Crippen LogP contribution is -2.43. The van der Waals surface area contributed by atoms with E-state index in [4.69, 9.17) is 4.74 Å². The van der Waals surface area contributed by atoms with Crippen LogP contribution in [0.25, 0.3) is 0 Å². The molecule has 172 valence electrons. The zero-order chi connectivity index (χ0) is 22.8. The maximum atomic E-state index is 12.6. The van der Waals surface area contributed by atoms with Crippen molar-refractivity contribution in [3.8, 4) is 0 Å². The van der Waals surface area contributed by atoms with Crippen molar-refractivity contribution < 1.29 is 31.2 Å². The Kier molecular flexibility index (Phi) is 7.04. The van der Waals surface area contributed by atoms with Gasteiger partial charge in [-0.15, -0.1) is 0 Å². The molecule has 2 aliphatic rings. The number of amides is 1. The van der Waals surface area contributed by atoms with E-state index in [1.807, 2.05) is 0 Å². The number of esters is 1. The van der Waals surface area contributed by atoms with Gasteiger partial charge in [0.25, 0.3) is 5.91 Å². The number of ether oxygens (including phenoxy) is 1. The summed E-state index contributed by atoms with van der Waals surface area (Å²) in [5.41, 5.74) is 0.354. The van der Waals surface area contributed by atoms with Crippen LogP contribution in [0.5, 0.6) is 0 Å². The summed E-state index contributed by atoms with van der Waals surface area (Å²) in [6.45, 7) is 2.63. The van der Waals surface area contributed by atoms with E-state index in [9.17, 15) is 26.4 Å². The van der Waals surface area contributed by atoms with Crippen LogP contribution in [0.4, 0.5) is 5.69 Å². The second-order valence-corrected chi connectivity index (χ2v) is 11.6. The molecule has 1 N–H and O–H groups in total. The van der Waals surface area contributed by atoms with Gasteiger partial charge in [-0.3, -0.25) is 9.59 Å². The average Bonchev–Trinajstić information content (AvgIpc) is 3.40. The SMILES string of the molecule is C[C@H](OC(=O)[C@H]1CCCN1S(C)(=O)=O)C(=O)Nc1ccc(S(=O)(=O)N2CCCC2)cc1. The predicted molar refractivity (Wildman–Crippen MR) is 113 cm³/mol. The van der Waals surface area contributed by atoms with Crippen molar-refractivity contribution in [1.29, 1.82) is 0 Å². The van der Waals surface area contributed by atoms with Crippen molar-refractivity contribution in [2.75, 3.05) is 31.2 Å². The molecule has 2 heterocycles. The number of hydrogen-bond acceptors (Lipinski definition) is 7. The highest BCUT2D eigenvalue weighted by Crippen LogP contribution is 2.23. The van der Waals surface area contributed by atoms with E-state index in [0.29, 0.717) is 31.6 Å². The molecule has 0 spiro atoms. The first-order chi connectivity index (χ1) is 14.5. The van der Waals surface area contributed by atoms with Gasteiger partial charge in [0, 0.05) is 25.3 Å². The molecule has 2 atom stereocenters. The van der Waals surface area contributed by atoms with Crippen molar-refractivity contribution in [3.63, 3.8) is 0 Å². The highest BCUT2D eigenvalue weighted by Gasteiger charge is 2.38. The maximum Gasteiger partial charge on any atom is 0.325 e. The number of nitrogens with one attached hydrogen (secondary N) is 1. The summed E-state index contributed by atoms with van der Waals surface area (Å²) in [6, 6.07) is 4.85. The largest absolute Gasteiger partial charge is 0.451 e. The van der Waals surface area contributed by atoms with E-state index < -0.39 is 44.1 Å². The molecule has 10 nitrogen and oxygen atoms in total. The van der Waals surface area contributed by atoms with Crippen molar-refractivity contribution >= 4 is 37.6 Å². The lowest BCUT2D eigenvalue weighted by molar-refractivity contribution is -0.156. The molecule has 0 unspecified atom stereocenters. The Bertz CT molecular complexity index is 1030. The van der Waals surface area contributed by atoms with Gasteiger partial charge in [0.15, 0.2) is 6.10 Å². The molecule has 2 saturated heterocycles. The van der Waals surface area contributed by atoms with Gasteiger partial charge in [0.1, 0.15) is 6.04 Å². The van der Waals surface area contributed by atoms with Crippen LogP contribution in [0.1, 0.15) is 32.6 Å². The third kappa shape index (κ3) is 5.43. The molecule has 1 aromatic carbocycles. The summed E-state index contributed by atoms with van der Waals surface area (Å²) >= 11 is 0. The number of anilines is 1. The van der Waals surface area contributed by atoms with E-state index >= 15 is 0 Å². The Morgan fingerprint density at radius 3 is 2.23 bits per heavy atom. The first kappa shape index (κ1) is 23.6. The number of sulfonamides is 2. The Morgan fingerprint density at radius 2 is 1.65 bits per heavy atom. The third-order valence-electron chi connectivity index (χ3n) is 5.39. The third-order valence-corrected chi connectivity index (χ3v) is 8.59. The fourth-order valence-electron chi connectivity index (χ4n) is 3.71. The molecule has 2 aliphatic heterocycles. The highest BCUT2D eigenvalue weighted by molar-refractivity contribution is 7.89. The first-order valence-electron chi connectivity index (χ1n) is 10.1. The van der Waals surface area contributed by atoms with Crippen molar-refractivity contribution in [1.82, 2.24) is 8.61 Å². The van der Waals surface area contributed by atoms with Crippen molar-refractivity contribution in [2.45, 2.75) is 49.6 Å². The smallest absolute Gasteiger partial charge is 0.325 e. The number of hydrogen-bond donors (Lipinski definition) is 1. The van der Waals surface area contributed by atoms with E-state index in [1.54, 1.807) is 0 Å². The molecule has 0 saturated carbocycles. The van der Waals surface area contributed by atoms with E-state index in [-0.39, 0.29) is 11.4 Å². The van der Waals surface area contributed by atoms with Gasteiger partial charge >= 0.3 is 5.97 Å². The Labute approximate surface area is 182 Å². The predicted octanol–water partition coefficient (Wildman–Crippen LogP) is 0.765. The Hall–Kier alpha value is -2.02. The molecular formula is C19H27N3O7S2. The molecule has 0 bridgehead atoms. The molecule has 1 aromatic rings. The molecule has 0 aliphatic carbocycles. The first-order valence-corrected chi connectivity index (χ1v) is 13.4. The van der Waals surface area contributed by atoms with Crippen LogP contribution in [0.3, 0.4) is 0 Å². The van der Waals surface area contributed by atoms with Crippen LogP contribution in [0, 0.1) is 0 Å². The zero-order valence-corrected chi connectivity index (χ0v) is 19.1. The fraction of sp³-hybridized carbons (Fsp3) is 0.579. The van der Waals surface area contributed by atoms with Gasteiger partial charge in [0.05, 0.1) is 11.2 Å². The van der Waals surface area contributed by atoms with Crippen LogP contribution in [-0.2, 0) is 34.4 Å². The van der Waals surface area contributed by atoms with Gasteiger partial charge in [0.2, 0.25) is 20.0 Å². The normalized spacial score (nSPS) is 21.7. The summed E-state index contributed by atoms with van der Waals surface area (Å²) in [5.74, 6) is -1.37. The minimum absolute atomic E-state index is 0.147. The molecule has 2 fully saturated rings. The van der Waals surface area contributed by atoms with Crippen LogP contribution >= 0.6 is 0 Å². The van der Waals surface area contributed by atoms with Crippen LogP contribution in [0.2, 0.25) is 0 Å². The molecule has 0 radical (unpaired) electrons. The second-order valence-electron chi connectivity index (χ2n) is 7.74. The quantitative estimate of drug-likeness (QED) is 0.579. The van der Waals surface area contributed by atoms with E-state index in [1.165, 1.54) is 35.5 Å². The molecule has 31 heavy (non-hydrogen) atoms. The molecular weight excluding hydrogens is 446 g/mol. The summed E-state index contributed by atoms with van der Waals surface area (Å²) in [5, 5.41) is 2.57. The number of benzene rings is 1. The lowest BCUT2D eigenvalue weighted by atomic mass is 10.2. The molecule has 12 heteroatoms. The standard InChI is InChI=1S/C19H27N3O7S2/c1-14(29-19(24)17-6-5-13-22(17)30(2,25)26)18(23)20-15-7-9-16(10-8-15)31(27,28)21-11-3-4-12-21/h7-10,14,17H,3-6,11-13H2,1-2H3,(H,20,23)/t14-,17+/m0/s1. The Morgan fingerprint density at radius 1 is 1.03 bits per heavy atom. The van der Waals surface area contributed by atoms with Gasteiger partial charge in [-0.2, -0.15) is 8.61 Å². The van der Waals surface area contributed by atoms with E-state index in [2.05, 4.69) is 5.32 Å². The number of carbonyl (C=O) groups excluding carboxylic acids is 2. The van der Waals surface area contributed by atoms with Gasteiger partial charge in [-0.05, 0) is 56.9 Å². The van der Waals surface area contributed by atoms with Crippen LogP contribution in [0.15, 0.2) is 29.2 Å². The lowest BCUT2D eigenvalue weighted by Gasteiger charge is -2.22. The number of nitrogens with zero attached hydrogens (tertiary/aromatic N) is 2. The minimum Gasteiger partial charge on any atom is -0.451 e. The summed E-state index contributed by atoms with van der Waals surface area (Å²) in [6.07, 6.45) is 2.44. The van der Waals surface area contributed by atoms with Gasteiger partial charge < -0.3 is 10.1 Å². The number of carbonyl (C=O) groups is 2. The second kappa shape index (κ2) is 9.23. The summed E-state index contributed by atoms with van der Waals surface area (Å²) in [4.78, 5) is 24.9.